The summed E-state index contributed by atoms with van der Waals surface area (Å²) in [5, 5.41) is 10.5. The molecule has 94 valence electrons. The van der Waals surface area contributed by atoms with E-state index in [4.69, 9.17) is 10.2 Å². The van der Waals surface area contributed by atoms with Crippen molar-refractivity contribution in [2.45, 2.75) is 19.4 Å². The monoisotopic (exact) mass is 246 g/mol. The van der Waals surface area contributed by atoms with Crippen LogP contribution in [0.15, 0.2) is 40.8 Å². The van der Waals surface area contributed by atoms with Crippen molar-refractivity contribution >= 4 is 5.88 Å². The van der Waals surface area contributed by atoms with Gasteiger partial charge in [-0.1, -0.05) is 29.8 Å². The number of hydrogen-bond donors (Lipinski definition) is 1. The molecule has 0 radical (unpaired) electrons. The standard InChI is InChI=1S/C13H14N2O3/c1-9-3-2-4-10(7-9)8-11(14)12-5-6-13(18-12)15(16)17/h2-7,11H,8,14H2,1H3. The molecule has 18 heavy (non-hydrogen) atoms. The van der Waals surface area contributed by atoms with Crippen molar-refractivity contribution in [3.8, 4) is 0 Å². The van der Waals surface area contributed by atoms with Crippen molar-refractivity contribution < 1.29 is 9.34 Å². The largest absolute Gasteiger partial charge is 0.433 e. The SMILES string of the molecule is Cc1cccc(CC(N)c2ccc([N+](=O)[O-])o2)c1. The smallest absolute Gasteiger partial charge is 0.404 e. The van der Waals surface area contributed by atoms with E-state index in [1.54, 1.807) is 6.07 Å². The Labute approximate surface area is 104 Å². The molecule has 1 heterocycles. The predicted octanol–water partition coefficient (Wildman–Crippen LogP) is 2.74. The van der Waals surface area contributed by atoms with Crippen LogP contribution in [-0.2, 0) is 6.42 Å². The van der Waals surface area contributed by atoms with Crippen LogP contribution in [0.1, 0.15) is 22.9 Å². The topological polar surface area (TPSA) is 82.3 Å². The summed E-state index contributed by atoms with van der Waals surface area (Å²) >= 11 is 0. The Morgan fingerprint density at radius 3 is 2.78 bits per heavy atom. The van der Waals surface area contributed by atoms with Gasteiger partial charge >= 0.3 is 5.88 Å². The summed E-state index contributed by atoms with van der Waals surface area (Å²) in [6.45, 7) is 2.01. The van der Waals surface area contributed by atoms with Crippen molar-refractivity contribution in [1.29, 1.82) is 0 Å². The lowest BCUT2D eigenvalue weighted by molar-refractivity contribution is -0.402. The molecule has 0 saturated heterocycles. The second kappa shape index (κ2) is 5.01. The van der Waals surface area contributed by atoms with Gasteiger partial charge in [0.05, 0.1) is 12.1 Å². The zero-order valence-corrected chi connectivity index (χ0v) is 10.00. The average molecular weight is 246 g/mol. The lowest BCUT2D eigenvalue weighted by Gasteiger charge is -2.08. The molecule has 0 saturated carbocycles. The molecule has 0 aliphatic carbocycles. The van der Waals surface area contributed by atoms with Crippen LogP contribution in [0.2, 0.25) is 0 Å². The molecule has 0 fully saturated rings. The molecule has 1 aromatic heterocycles. The van der Waals surface area contributed by atoms with Crippen LogP contribution in [-0.4, -0.2) is 4.92 Å². The molecule has 0 bridgehead atoms. The third-order valence-corrected chi connectivity index (χ3v) is 2.70. The van der Waals surface area contributed by atoms with E-state index in [0.29, 0.717) is 12.2 Å². The Balaban J connectivity index is 2.11. The van der Waals surface area contributed by atoms with Crippen LogP contribution < -0.4 is 5.73 Å². The summed E-state index contributed by atoms with van der Waals surface area (Å²) in [5.41, 5.74) is 8.22. The zero-order chi connectivity index (χ0) is 13.1. The van der Waals surface area contributed by atoms with Crippen molar-refractivity contribution in [3.05, 3.63) is 63.4 Å². The second-order valence-electron chi connectivity index (χ2n) is 4.23. The minimum Gasteiger partial charge on any atom is -0.404 e. The number of benzene rings is 1. The van der Waals surface area contributed by atoms with E-state index in [-0.39, 0.29) is 11.9 Å². The van der Waals surface area contributed by atoms with Gasteiger partial charge in [-0.05, 0) is 25.0 Å². The van der Waals surface area contributed by atoms with Gasteiger partial charge in [0.1, 0.15) is 10.7 Å². The van der Waals surface area contributed by atoms with Crippen LogP contribution >= 0.6 is 0 Å². The normalized spacial score (nSPS) is 12.3. The Hall–Kier alpha value is -2.14. The number of aryl methyl sites for hydroxylation is 1. The van der Waals surface area contributed by atoms with Crippen LogP contribution in [0.25, 0.3) is 0 Å². The molecule has 5 nitrogen and oxygen atoms in total. The summed E-state index contributed by atoms with van der Waals surface area (Å²) < 4.78 is 5.09. The molecule has 2 aromatic rings. The Morgan fingerprint density at radius 2 is 2.17 bits per heavy atom. The van der Waals surface area contributed by atoms with E-state index >= 15 is 0 Å². The summed E-state index contributed by atoms with van der Waals surface area (Å²) in [7, 11) is 0. The fourth-order valence-electron chi connectivity index (χ4n) is 1.83. The molecule has 0 amide bonds. The minimum atomic E-state index is -0.567. The van der Waals surface area contributed by atoms with Gasteiger partial charge in [-0.3, -0.25) is 10.1 Å². The second-order valence-corrected chi connectivity index (χ2v) is 4.23. The Morgan fingerprint density at radius 1 is 1.39 bits per heavy atom. The summed E-state index contributed by atoms with van der Waals surface area (Å²) in [6.07, 6.45) is 0.590. The highest BCUT2D eigenvalue weighted by Crippen LogP contribution is 2.23. The fourth-order valence-corrected chi connectivity index (χ4v) is 1.83. The molecular formula is C13H14N2O3. The van der Waals surface area contributed by atoms with Crippen LogP contribution in [0.5, 0.6) is 0 Å². The van der Waals surface area contributed by atoms with Gasteiger partial charge < -0.3 is 10.2 Å². The fraction of sp³-hybridized carbons (Fsp3) is 0.231. The molecule has 1 unspecified atom stereocenters. The van der Waals surface area contributed by atoms with Crippen LogP contribution in [0.3, 0.4) is 0 Å². The third kappa shape index (κ3) is 2.75. The molecule has 2 rings (SSSR count). The Bertz CT molecular complexity index is 563. The lowest BCUT2D eigenvalue weighted by Crippen LogP contribution is -2.12. The molecule has 5 heteroatoms. The zero-order valence-electron chi connectivity index (χ0n) is 10.00. The van der Waals surface area contributed by atoms with E-state index in [1.165, 1.54) is 6.07 Å². The van der Waals surface area contributed by atoms with Gasteiger partial charge in [-0.2, -0.15) is 0 Å². The highest BCUT2D eigenvalue weighted by Gasteiger charge is 2.17. The molecule has 0 aliphatic rings. The maximum Gasteiger partial charge on any atom is 0.433 e. The lowest BCUT2D eigenvalue weighted by atomic mass is 10.0. The van der Waals surface area contributed by atoms with E-state index in [0.717, 1.165) is 11.1 Å². The first-order chi connectivity index (χ1) is 8.56. The van der Waals surface area contributed by atoms with Gasteiger partial charge in [-0.15, -0.1) is 0 Å². The molecule has 1 atom stereocenters. The van der Waals surface area contributed by atoms with Crippen LogP contribution in [0, 0.1) is 17.0 Å². The summed E-state index contributed by atoms with van der Waals surface area (Å²) in [6, 6.07) is 10.5. The van der Waals surface area contributed by atoms with Crippen molar-refractivity contribution in [1.82, 2.24) is 0 Å². The van der Waals surface area contributed by atoms with Crippen molar-refractivity contribution in [2.75, 3.05) is 0 Å². The molecule has 1 aromatic carbocycles. The minimum absolute atomic E-state index is 0.273. The van der Waals surface area contributed by atoms with Crippen LogP contribution in [0.4, 0.5) is 5.88 Å². The van der Waals surface area contributed by atoms with E-state index in [9.17, 15) is 10.1 Å². The highest BCUT2D eigenvalue weighted by molar-refractivity contribution is 5.25. The maximum absolute atomic E-state index is 10.5. The number of nitrogens with zero attached hydrogens (tertiary/aromatic N) is 1. The summed E-state index contributed by atoms with van der Waals surface area (Å²) in [5.74, 6) is 0.160. The van der Waals surface area contributed by atoms with E-state index in [1.807, 2.05) is 31.2 Å². The predicted molar refractivity (Wildman–Crippen MR) is 67.2 cm³/mol. The molecular weight excluding hydrogens is 232 g/mol. The molecule has 2 N–H and O–H groups in total. The molecule has 0 aliphatic heterocycles. The maximum atomic E-state index is 10.5. The molecule has 0 spiro atoms. The first kappa shape index (κ1) is 12.3. The average Bonchev–Trinajstić information content (AvgIpc) is 2.78. The van der Waals surface area contributed by atoms with E-state index in [2.05, 4.69) is 0 Å². The number of nitro groups is 1. The van der Waals surface area contributed by atoms with Gasteiger partial charge in [0, 0.05) is 0 Å². The quantitative estimate of drug-likeness (QED) is 0.664. The first-order valence-corrected chi connectivity index (χ1v) is 5.61. The van der Waals surface area contributed by atoms with Gasteiger partial charge in [0.25, 0.3) is 0 Å². The van der Waals surface area contributed by atoms with Gasteiger partial charge in [0.2, 0.25) is 0 Å². The van der Waals surface area contributed by atoms with Crippen molar-refractivity contribution in [2.24, 2.45) is 5.73 Å². The van der Waals surface area contributed by atoms with E-state index < -0.39 is 4.92 Å². The Kier molecular flexibility index (Phi) is 3.43. The number of nitrogens with two attached hydrogens (primary N) is 1. The number of hydrogen-bond acceptors (Lipinski definition) is 4. The highest BCUT2D eigenvalue weighted by atomic mass is 16.6. The van der Waals surface area contributed by atoms with Crippen molar-refractivity contribution in [3.63, 3.8) is 0 Å². The third-order valence-electron chi connectivity index (χ3n) is 2.70. The summed E-state index contributed by atoms with van der Waals surface area (Å²) in [4.78, 5) is 9.94. The van der Waals surface area contributed by atoms with Gasteiger partial charge in [0.15, 0.2) is 0 Å². The van der Waals surface area contributed by atoms with Gasteiger partial charge in [-0.25, -0.2) is 0 Å². The number of rotatable bonds is 4. The number of furan rings is 1. The first-order valence-electron chi connectivity index (χ1n) is 5.61.